The van der Waals surface area contributed by atoms with Crippen molar-refractivity contribution in [3.05, 3.63) is 35.9 Å². The summed E-state index contributed by atoms with van der Waals surface area (Å²) in [5, 5.41) is 10.3. The minimum atomic E-state index is -0.471. The summed E-state index contributed by atoms with van der Waals surface area (Å²) in [6, 6.07) is 10.3. The fourth-order valence-corrected chi connectivity index (χ4v) is 2.88. The van der Waals surface area contributed by atoms with E-state index in [-0.39, 0.29) is 18.3 Å². The molecule has 2 heterocycles. The van der Waals surface area contributed by atoms with Crippen LogP contribution < -0.4 is 0 Å². The number of rotatable bonds is 4. The van der Waals surface area contributed by atoms with E-state index >= 15 is 0 Å². The van der Waals surface area contributed by atoms with Crippen LogP contribution in [0.15, 0.2) is 30.3 Å². The van der Waals surface area contributed by atoms with Crippen LogP contribution in [0, 0.1) is 0 Å². The van der Waals surface area contributed by atoms with Gasteiger partial charge in [0.05, 0.1) is 12.2 Å². The molecule has 2 saturated heterocycles. The number of nitrogens with zero attached hydrogens (tertiary/aromatic N) is 1. The molecule has 3 rings (SSSR count). The minimum absolute atomic E-state index is 0.0794. The largest absolute Gasteiger partial charge is 0.389 e. The Morgan fingerprint density at radius 2 is 2.11 bits per heavy atom. The number of aliphatic hydroxyl groups is 1. The molecule has 19 heavy (non-hydrogen) atoms. The van der Waals surface area contributed by atoms with Crippen LogP contribution in [0.5, 0.6) is 0 Å². The van der Waals surface area contributed by atoms with E-state index in [1.54, 1.807) is 0 Å². The normalized spacial score (nSPS) is 34.6. The van der Waals surface area contributed by atoms with E-state index < -0.39 is 6.10 Å². The number of benzene rings is 1. The van der Waals surface area contributed by atoms with Crippen molar-refractivity contribution in [2.24, 2.45) is 0 Å². The maximum Gasteiger partial charge on any atom is 0.114 e. The van der Waals surface area contributed by atoms with Gasteiger partial charge in [0.2, 0.25) is 0 Å². The third-order valence-electron chi connectivity index (χ3n) is 3.82. The Kier molecular flexibility index (Phi) is 3.84. The molecule has 4 nitrogen and oxygen atoms in total. The number of hydrogen-bond acceptors (Lipinski definition) is 4. The van der Waals surface area contributed by atoms with Gasteiger partial charge in [-0.3, -0.25) is 4.90 Å². The Bertz CT molecular complexity index is 411. The fraction of sp³-hybridized carbons (Fsp3) is 0.600. The summed E-state index contributed by atoms with van der Waals surface area (Å²) in [5.41, 5.74) is 1.27. The van der Waals surface area contributed by atoms with Gasteiger partial charge in [-0.05, 0) is 12.5 Å². The number of fused-ring (bicyclic) bond motifs is 1. The molecule has 104 valence electrons. The second kappa shape index (κ2) is 5.59. The van der Waals surface area contributed by atoms with Gasteiger partial charge in [-0.2, -0.15) is 0 Å². The van der Waals surface area contributed by atoms with E-state index in [9.17, 15) is 5.11 Å². The zero-order valence-corrected chi connectivity index (χ0v) is 11.2. The van der Waals surface area contributed by atoms with Gasteiger partial charge in [0.15, 0.2) is 0 Å². The first-order chi connectivity index (χ1) is 9.28. The van der Waals surface area contributed by atoms with Crippen molar-refractivity contribution in [1.29, 1.82) is 0 Å². The SMILES string of the molecule is CCO[C@H]1[C@H]2O[C@H]2CN(Cc2ccccc2)C[C@@H]1O. The Hall–Kier alpha value is -0.940. The summed E-state index contributed by atoms with van der Waals surface area (Å²) in [6.45, 7) is 4.95. The molecule has 2 fully saturated rings. The number of aliphatic hydroxyl groups excluding tert-OH is 1. The van der Waals surface area contributed by atoms with Crippen molar-refractivity contribution in [3.8, 4) is 0 Å². The van der Waals surface area contributed by atoms with Gasteiger partial charge in [0.25, 0.3) is 0 Å². The third kappa shape index (κ3) is 2.98. The lowest BCUT2D eigenvalue weighted by molar-refractivity contribution is -0.0565. The van der Waals surface area contributed by atoms with Gasteiger partial charge in [-0.1, -0.05) is 30.3 Å². The molecule has 0 aromatic heterocycles. The molecule has 0 bridgehead atoms. The van der Waals surface area contributed by atoms with E-state index in [1.807, 2.05) is 25.1 Å². The Morgan fingerprint density at radius 1 is 1.32 bits per heavy atom. The van der Waals surface area contributed by atoms with Gasteiger partial charge in [0, 0.05) is 26.2 Å². The van der Waals surface area contributed by atoms with Crippen LogP contribution in [0.4, 0.5) is 0 Å². The lowest BCUT2D eigenvalue weighted by atomic mass is 10.1. The summed E-state index contributed by atoms with van der Waals surface area (Å²) in [7, 11) is 0. The average Bonchev–Trinajstić information content (AvgIpc) is 3.16. The first kappa shape index (κ1) is 13.1. The average molecular weight is 263 g/mol. The highest BCUT2D eigenvalue weighted by Crippen LogP contribution is 2.33. The van der Waals surface area contributed by atoms with Crippen LogP contribution in [-0.4, -0.2) is 54.1 Å². The summed E-state index contributed by atoms with van der Waals surface area (Å²) in [4.78, 5) is 2.25. The Balaban J connectivity index is 1.65. The van der Waals surface area contributed by atoms with Gasteiger partial charge in [0.1, 0.15) is 12.2 Å². The molecule has 2 aliphatic heterocycles. The number of ether oxygens (including phenoxy) is 2. The standard InChI is InChI=1S/C15H21NO3/c1-2-18-14-12(17)9-16(10-13-15(14)19-13)8-11-6-4-3-5-7-11/h3-7,12-15,17H,2,8-10H2,1H3/t12-,13-,14+,15-/m0/s1. The molecule has 2 aliphatic rings. The van der Waals surface area contributed by atoms with Crippen molar-refractivity contribution >= 4 is 0 Å². The second-order valence-corrected chi connectivity index (χ2v) is 5.31. The highest BCUT2D eigenvalue weighted by atomic mass is 16.6. The number of epoxide rings is 1. The smallest absolute Gasteiger partial charge is 0.114 e. The molecular formula is C15H21NO3. The van der Waals surface area contributed by atoms with Crippen LogP contribution in [-0.2, 0) is 16.0 Å². The Morgan fingerprint density at radius 3 is 2.84 bits per heavy atom. The van der Waals surface area contributed by atoms with Crippen molar-refractivity contribution < 1.29 is 14.6 Å². The van der Waals surface area contributed by atoms with Crippen molar-refractivity contribution in [2.75, 3.05) is 19.7 Å². The quantitative estimate of drug-likeness (QED) is 0.824. The van der Waals surface area contributed by atoms with Crippen molar-refractivity contribution in [3.63, 3.8) is 0 Å². The summed E-state index contributed by atoms with van der Waals surface area (Å²) < 4.78 is 11.3. The monoisotopic (exact) mass is 263 g/mol. The summed E-state index contributed by atoms with van der Waals surface area (Å²) in [6.07, 6.45) is -0.343. The molecule has 0 amide bonds. The van der Waals surface area contributed by atoms with E-state index in [1.165, 1.54) is 5.56 Å². The van der Waals surface area contributed by atoms with Crippen LogP contribution in [0.25, 0.3) is 0 Å². The second-order valence-electron chi connectivity index (χ2n) is 5.31. The molecular weight excluding hydrogens is 242 g/mol. The minimum Gasteiger partial charge on any atom is -0.389 e. The van der Waals surface area contributed by atoms with Gasteiger partial charge < -0.3 is 14.6 Å². The highest BCUT2D eigenvalue weighted by Gasteiger charge is 2.51. The zero-order chi connectivity index (χ0) is 13.2. The molecule has 0 aliphatic carbocycles. The van der Waals surface area contributed by atoms with E-state index in [4.69, 9.17) is 9.47 Å². The highest BCUT2D eigenvalue weighted by molar-refractivity contribution is 5.15. The number of hydrogen-bond donors (Lipinski definition) is 1. The summed E-state index contributed by atoms with van der Waals surface area (Å²) >= 11 is 0. The Labute approximate surface area is 113 Å². The van der Waals surface area contributed by atoms with Crippen LogP contribution >= 0.6 is 0 Å². The van der Waals surface area contributed by atoms with Crippen LogP contribution in [0.2, 0.25) is 0 Å². The van der Waals surface area contributed by atoms with Crippen molar-refractivity contribution in [1.82, 2.24) is 4.90 Å². The van der Waals surface area contributed by atoms with E-state index in [0.717, 1.165) is 13.1 Å². The molecule has 1 aromatic rings. The maximum absolute atomic E-state index is 10.3. The zero-order valence-electron chi connectivity index (χ0n) is 11.2. The van der Waals surface area contributed by atoms with Gasteiger partial charge in [-0.15, -0.1) is 0 Å². The molecule has 0 saturated carbocycles. The van der Waals surface area contributed by atoms with Crippen molar-refractivity contribution in [2.45, 2.75) is 37.9 Å². The van der Waals surface area contributed by atoms with E-state index in [0.29, 0.717) is 13.2 Å². The topological polar surface area (TPSA) is 45.2 Å². The first-order valence-corrected chi connectivity index (χ1v) is 6.99. The number of β-amino-alcohol motifs (C(OH)–C–C–N with tert-alkyl or cyclic N) is 1. The van der Waals surface area contributed by atoms with Crippen LogP contribution in [0.3, 0.4) is 0 Å². The fourth-order valence-electron chi connectivity index (χ4n) is 2.88. The molecule has 0 radical (unpaired) electrons. The summed E-state index contributed by atoms with van der Waals surface area (Å²) in [5.74, 6) is 0. The third-order valence-corrected chi connectivity index (χ3v) is 3.82. The molecule has 4 heteroatoms. The number of likely N-dealkylation sites (tertiary alicyclic amines) is 1. The molecule has 4 atom stereocenters. The maximum atomic E-state index is 10.3. The molecule has 1 aromatic carbocycles. The van der Waals surface area contributed by atoms with E-state index in [2.05, 4.69) is 17.0 Å². The van der Waals surface area contributed by atoms with Gasteiger partial charge in [-0.25, -0.2) is 0 Å². The molecule has 1 N–H and O–H groups in total. The van der Waals surface area contributed by atoms with Gasteiger partial charge >= 0.3 is 0 Å². The molecule has 0 unspecified atom stereocenters. The predicted molar refractivity (Wildman–Crippen MR) is 71.8 cm³/mol. The lowest BCUT2D eigenvalue weighted by Crippen LogP contribution is -2.40. The lowest BCUT2D eigenvalue weighted by Gasteiger charge is -2.26. The molecule has 0 spiro atoms. The van der Waals surface area contributed by atoms with Crippen LogP contribution in [0.1, 0.15) is 12.5 Å². The predicted octanol–water partition coefficient (Wildman–Crippen LogP) is 1.04. The first-order valence-electron chi connectivity index (χ1n) is 6.99.